The molecular weight excluding hydrogens is 230 g/mol. The maximum Gasteiger partial charge on any atom is 0.239 e. The molecule has 0 saturated carbocycles. The zero-order valence-electron chi connectivity index (χ0n) is 11.4. The number of hydrogen-bond acceptors (Lipinski definition) is 3. The molecule has 18 heavy (non-hydrogen) atoms. The molecule has 0 aliphatic carbocycles. The van der Waals surface area contributed by atoms with Gasteiger partial charge in [-0.25, -0.2) is 0 Å². The van der Waals surface area contributed by atoms with Gasteiger partial charge >= 0.3 is 0 Å². The van der Waals surface area contributed by atoms with Gasteiger partial charge in [0.2, 0.25) is 11.8 Å². The first-order valence-electron chi connectivity index (χ1n) is 6.84. The Labute approximate surface area is 109 Å². The molecule has 0 aromatic heterocycles. The lowest BCUT2D eigenvalue weighted by Gasteiger charge is -2.22. The fourth-order valence-electron chi connectivity index (χ4n) is 2.15. The van der Waals surface area contributed by atoms with E-state index in [1.54, 1.807) is 0 Å². The van der Waals surface area contributed by atoms with Gasteiger partial charge in [-0.2, -0.15) is 0 Å². The van der Waals surface area contributed by atoms with E-state index in [-0.39, 0.29) is 24.4 Å². The Kier molecular flexibility index (Phi) is 6.72. The second-order valence-electron chi connectivity index (χ2n) is 5.25. The summed E-state index contributed by atoms with van der Waals surface area (Å²) in [6.07, 6.45) is 3.82. The van der Waals surface area contributed by atoms with Gasteiger partial charge in [0.1, 0.15) is 0 Å². The lowest BCUT2D eigenvalue weighted by atomic mass is 9.94. The summed E-state index contributed by atoms with van der Waals surface area (Å²) in [5.74, 6) is 0.450. The molecule has 1 fully saturated rings. The monoisotopic (exact) mass is 255 g/mol. The van der Waals surface area contributed by atoms with Crippen LogP contribution in [0.1, 0.15) is 39.5 Å². The van der Waals surface area contributed by atoms with Gasteiger partial charge in [-0.05, 0) is 52.1 Å². The Hall–Kier alpha value is -1.10. The van der Waals surface area contributed by atoms with E-state index in [2.05, 4.69) is 16.0 Å². The Balaban J connectivity index is 2.07. The third kappa shape index (κ3) is 6.59. The quantitative estimate of drug-likeness (QED) is 0.644. The van der Waals surface area contributed by atoms with E-state index >= 15 is 0 Å². The van der Waals surface area contributed by atoms with Crippen molar-refractivity contribution in [3.05, 3.63) is 0 Å². The first-order chi connectivity index (χ1) is 8.58. The van der Waals surface area contributed by atoms with Crippen LogP contribution in [0.3, 0.4) is 0 Å². The van der Waals surface area contributed by atoms with Crippen molar-refractivity contribution in [2.45, 2.75) is 45.6 Å². The number of amides is 2. The summed E-state index contributed by atoms with van der Waals surface area (Å²) in [6.45, 7) is 5.99. The highest BCUT2D eigenvalue weighted by Crippen LogP contribution is 2.15. The fraction of sp³-hybridized carbons (Fsp3) is 0.846. The van der Waals surface area contributed by atoms with Gasteiger partial charge in [0.15, 0.2) is 0 Å². The summed E-state index contributed by atoms with van der Waals surface area (Å²) >= 11 is 0. The average Bonchev–Trinajstić information content (AvgIpc) is 2.34. The summed E-state index contributed by atoms with van der Waals surface area (Å²) in [4.78, 5) is 22.9. The predicted octanol–water partition coefficient (Wildman–Crippen LogP) is 0.407. The van der Waals surface area contributed by atoms with E-state index in [0.717, 1.165) is 19.5 Å². The summed E-state index contributed by atoms with van der Waals surface area (Å²) in [6, 6.07) is 0.114. The van der Waals surface area contributed by atoms with Crippen LogP contribution in [0.4, 0.5) is 0 Å². The lowest BCUT2D eigenvalue weighted by molar-refractivity contribution is -0.126. The van der Waals surface area contributed by atoms with Crippen LogP contribution < -0.4 is 16.0 Å². The number of carbonyl (C=O) groups is 2. The van der Waals surface area contributed by atoms with E-state index in [1.807, 2.05) is 13.8 Å². The molecule has 1 heterocycles. The number of rotatable bonds is 6. The van der Waals surface area contributed by atoms with Gasteiger partial charge in [0.25, 0.3) is 0 Å². The first-order valence-corrected chi connectivity index (χ1v) is 6.84. The molecular formula is C13H25N3O2. The Morgan fingerprint density at radius 3 is 2.72 bits per heavy atom. The molecule has 1 atom stereocenters. The summed E-state index contributed by atoms with van der Waals surface area (Å²) in [5, 5.41) is 8.73. The summed E-state index contributed by atoms with van der Waals surface area (Å²) in [5.41, 5.74) is 0. The first kappa shape index (κ1) is 15.0. The van der Waals surface area contributed by atoms with Crippen molar-refractivity contribution >= 4 is 11.8 Å². The Morgan fingerprint density at radius 1 is 1.33 bits per heavy atom. The summed E-state index contributed by atoms with van der Waals surface area (Å²) in [7, 11) is 0. The Morgan fingerprint density at radius 2 is 2.11 bits per heavy atom. The molecule has 5 nitrogen and oxygen atoms in total. The predicted molar refractivity (Wildman–Crippen MR) is 71.1 cm³/mol. The van der Waals surface area contributed by atoms with Crippen molar-refractivity contribution in [1.82, 2.24) is 16.0 Å². The fourth-order valence-corrected chi connectivity index (χ4v) is 2.15. The minimum atomic E-state index is -0.127. The molecule has 1 aliphatic heterocycles. The maximum absolute atomic E-state index is 11.6. The van der Waals surface area contributed by atoms with Crippen LogP contribution in [0, 0.1) is 5.92 Å². The van der Waals surface area contributed by atoms with E-state index in [0.29, 0.717) is 12.3 Å². The van der Waals surface area contributed by atoms with E-state index < -0.39 is 0 Å². The van der Waals surface area contributed by atoms with Crippen molar-refractivity contribution in [3.63, 3.8) is 0 Å². The third-order valence-electron chi connectivity index (χ3n) is 3.07. The maximum atomic E-state index is 11.6. The number of piperidine rings is 1. The van der Waals surface area contributed by atoms with Crippen molar-refractivity contribution in [2.24, 2.45) is 5.92 Å². The van der Waals surface area contributed by atoms with Crippen molar-refractivity contribution in [2.75, 3.05) is 19.6 Å². The van der Waals surface area contributed by atoms with Crippen LogP contribution in [0.25, 0.3) is 0 Å². The van der Waals surface area contributed by atoms with Crippen LogP contribution in [0.15, 0.2) is 0 Å². The zero-order chi connectivity index (χ0) is 13.4. The number of hydrogen-bond donors (Lipinski definition) is 3. The lowest BCUT2D eigenvalue weighted by Crippen LogP contribution is -2.40. The molecule has 0 aromatic carbocycles. The molecule has 0 bridgehead atoms. The smallest absolute Gasteiger partial charge is 0.239 e. The molecule has 3 N–H and O–H groups in total. The topological polar surface area (TPSA) is 70.2 Å². The van der Waals surface area contributed by atoms with Gasteiger partial charge in [-0.15, -0.1) is 0 Å². The molecule has 1 saturated heterocycles. The van der Waals surface area contributed by atoms with Crippen molar-refractivity contribution < 1.29 is 9.59 Å². The molecule has 0 spiro atoms. The van der Waals surface area contributed by atoms with E-state index in [1.165, 1.54) is 12.8 Å². The minimum absolute atomic E-state index is 0.0283. The van der Waals surface area contributed by atoms with Crippen LogP contribution in [-0.4, -0.2) is 37.5 Å². The van der Waals surface area contributed by atoms with Crippen molar-refractivity contribution in [3.8, 4) is 0 Å². The van der Waals surface area contributed by atoms with Gasteiger partial charge < -0.3 is 16.0 Å². The zero-order valence-corrected chi connectivity index (χ0v) is 11.4. The summed E-state index contributed by atoms with van der Waals surface area (Å²) < 4.78 is 0. The second kappa shape index (κ2) is 8.08. The Bertz CT molecular complexity index is 273. The minimum Gasteiger partial charge on any atom is -0.352 e. The molecule has 5 heteroatoms. The second-order valence-corrected chi connectivity index (χ2v) is 5.25. The third-order valence-corrected chi connectivity index (χ3v) is 3.07. The molecule has 2 amide bonds. The molecule has 1 aliphatic rings. The van der Waals surface area contributed by atoms with Gasteiger partial charge in [0.05, 0.1) is 6.54 Å². The highest BCUT2D eigenvalue weighted by Gasteiger charge is 2.14. The van der Waals surface area contributed by atoms with Crippen LogP contribution in [0.2, 0.25) is 0 Å². The highest BCUT2D eigenvalue weighted by atomic mass is 16.2. The SMILES string of the molecule is CC(C)NC(=O)CNC(=O)CCC1CCCNC1. The largest absolute Gasteiger partial charge is 0.352 e. The normalized spacial score (nSPS) is 19.6. The average molecular weight is 255 g/mol. The highest BCUT2D eigenvalue weighted by molar-refractivity contribution is 5.84. The van der Waals surface area contributed by atoms with Gasteiger partial charge in [0, 0.05) is 12.5 Å². The number of nitrogens with one attached hydrogen (secondary N) is 3. The molecule has 104 valence electrons. The number of carbonyl (C=O) groups excluding carboxylic acids is 2. The standard InChI is InChI=1S/C13H25N3O2/c1-10(2)16-13(18)9-15-12(17)6-5-11-4-3-7-14-8-11/h10-11,14H,3-9H2,1-2H3,(H,15,17)(H,16,18). The van der Waals surface area contributed by atoms with E-state index in [4.69, 9.17) is 0 Å². The molecule has 0 radical (unpaired) electrons. The van der Waals surface area contributed by atoms with Crippen LogP contribution in [-0.2, 0) is 9.59 Å². The van der Waals surface area contributed by atoms with Gasteiger partial charge in [-0.1, -0.05) is 0 Å². The van der Waals surface area contributed by atoms with Crippen LogP contribution in [0.5, 0.6) is 0 Å². The van der Waals surface area contributed by atoms with E-state index in [9.17, 15) is 9.59 Å². The molecule has 1 rings (SSSR count). The van der Waals surface area contributed by atoms with Crippen LogP contribution >= 0.6 is 0 Å². The van der Waals surface area contributed by atoms with Crippen molar-refractivity contribution in [1.29, 1.82) is 0 Å². The van der Waals surface area contributed by atoms with Gasteiger partial charge in [-0.3, -0.25) is 9.59 Å². The molecule has 0 aromatic rings. The molecule has 1 unspecified atom stereocenters.